The van der Waals surface area contributed by atoms with E-state index in [4.69, 9.17) is 8.83 Å². The van der Waals surface area contributed by atoms with Crippen LogP contribution in [0, 0.1) is 41.5 Å². The predicted octanol–water partition coefficient (Wildman–Crippen LogP) is 24.8. The first-order valence-corrected chi connectivity index (χ1v) is 35.2. The van der Waals surface area contributed by atoms with Crippen molar-refractivity contribution in [2.45, 2.75) is 204 Å². The molecular weight excluding hydrogens is 1350 g/mol. The molecule has 4 aromatic carbocycles. The molecule has 105 heavy (non-hydrogen) atoms. The van der Waals surface area contributed by atoms with Crippen LogP contribution in [0.15, 0.2) is 173 Å². The minimum Gasteiger partial charge on any atom is -0.441 e. The molecule has 0 radical (unpaired) electrons. The topological polar surface area (TPSA) is 239 Å². The number of fused-ring (bicyclic) bond motifs is 8. The molecule has 0 spiro atoms. The van der Waals surface area contributed by atoms with Gasteiger partial charge in [-0.3, -0.25) is 0 Å². The molecule has 0 aliphatic heterocycles. The summed E-state index contributed by atoms with van der Waals surface area (Å²) >= 11 is 3.37. The number of oxazole rings is 2. The van der Waals surface area contributed by atoms with Crippen LogP contribution in [0.3, 0.4) is 0 Å². The molecule has 0 unspecified atom stereocenters. The molecule has 12 heterocycles. The summed E-state index contributed by atoms with van der Waals surface area (Å²) in [5, 5.41) is 18.4. The molecule has 580 valence electrons. The Morgan fingerprint density at radius 1 is 0.333 bits per heavy atom. The Bertz CT molecular complexity index is 3840. The average Bonchev–Trinajstić information content (AvgIpc) is 1.68. The number of hydrogen-bond donors (Lipinski definition) is 0. The van der Waals surface area contributed by atoms with Gasteiger partial charge in [0.2, 0.25) is 11.4 Å². The van der Waals surface area contributed by atoms with Crippen molar-refractivity contribution < 1.29 is 8.83 Å². The van der Waals surface area contributed by atoms with Gasteiger partial charge in [0.25, 0.3) is 0 Å². The van der Waals surface area contributed by atoms with Gasteiger partial charge >= 0.3 is 0 Å². The molecule has 0 N–H and O–H groups in total. The van der Waals surface area contributed by atoms with Gasteiger partial charge in [0.15, 0.2) is 23.0 Å². The zero-order valence-electron chi connectivity index (χ0n) is 62.7. The van der Waals surface area contributed by atoms with Gasteiger partial charge in [0.1, 0.15) is 61.4 Å². The number of aryl methyl sites for hydroxylation is 10. The van der Waals surface area contributed by atoms with Crippen LogP contribution in [0.25, 0.3) is 87.3 Å². The third-order valence-corrected chi connectivity index (χ3v) is 13.6. The van der Waals surface area contributed by atoms with Crippen molar-refractivity contribution in [2.75, 3.05) is 0 Å². The predicted molar refractivity (Wildman–Crippen MR) is 461 cm³/mol. The van der Waals surface area contributed by atoms with E-state index >= 15 is 0 Å². The molecule has 12 aromatic heterocycles. The van der Waals surface area contributed by atoms with E-state index in [1.165, 1.54) is 21.3 Å². The molecule has 16 aromatic rings. The summed E-state index contributed by atoms with van der Waals surface area (Å²) in [6.07, 6.45) is 8.35. The van der Waals surface area contributed by atoms with E-state index in [0.29, 0.717) is 17.3 Å². The van der Waals surface area contributed by atoms with Crippen molar-refractivity contribution in [3.05, 3.63) is 198 Å². The molecule has 23 heteroatoms. The molecule has 16 rings (SSSR count). The van der Waals surface area contributed by atoms with Crippen molar-refractivity contribution in [3.63, 3.8) is 0 Å². The summed E-state index contributed by atoms with van der Waals surface area (Å²) in [5.74, 6) is 3.44. The standard InChI is InChI=1S/C9H10N2.C8H9N3.C8H7NO.C8H7NS.C7H7N3.C7H6N2O.C7H6N2S.C5H5N5.8C2H6.7CH4/c1-7-10-8-5-3-4-6-9(8)11(7)2;1-6-10-7-4-3-5-9-8(7)11(6)2;2*1-6-9-7-4-2-3-5-8(7)10-6;1-10-8-6-4-2-3-5-7(6)9-10;2*1-5-9-6-3-2-4-8-7(6)10-5;1-10-8-4-2-6-3-7-5(4)9-10;8*1-2;;;;;;;/h3-6H,1-2H3;3-5H,1-2H3;3*2-5H,1H3;2*2-4H,1H3;2-3H,1H3;8*1-2H3;7*1H4. The van der Waals surface area contributed by atoms with Crippen molar-refractivity contribution >= 4 is 110 Å². The molecule has 0 bridgehead atoms. The van der Waals surface area contributed by atoms with Gasteiger partial charge in [-0.05, 0) is 113 Å². The number of hydrogen-bond acceptors (Lipinski definition) is 19. The number of pyridine rings is 3. The number of thiazole rings is 2. The maximum Gasteiger partial charge on any atom is 0.246 e. The molecular formula is C82H133N19O2S2. The number of rotatable bonds is 0. The number of imidazole rings is 2. The minimum atomic E-state index is 0. The maximum atomic E-state index is 5.26. The lowest BCUT2D eigenvalue weighted by molar-refractivity contribution is 0.551. The highest BCUT2D eigenvalue weighted by molar-refractivity contribution is 7.18. The Hall–Kier alpha value is -10.1. The highest BCUT2D eigenvalue weighted by Crippen LogP contribution is 2.21. The first kappa shape index (κ1) is 108. The van der Waals surface area contributed by atoms with Crippen molar-refractivity contribution in [2.24, 2.45) is 28.2 Å². The van der Waals surface area contributed by atoms with Gasteiger partial charge in [-0.2, -0.15) is 24.9 Å². The molecule has 0 saturated heterocycles. The molecule has 0 aliphatic rings. The Kier molecular flexibility index (Phi) is 64.4. The van der Waals surface area contributed by atoms with Crippen molar-refractivity contribution in [1.29, 1.82) is 0 Å². The Balaban J connectivity index is -0.000000201. The summed E-state index contributed by atoms with van der Waals surface area (Å²) < 4.78 is 15.8. The van der Waals surface area contributed by atoms with Crippen LogP contribution in [0.5, 0.6) is 0 Å². The van der Waals surface area contributed by atoms with E-state index in [2.05, 4.69) is 91.9 Å². The van der Waals surface area contributed by atoms with Crippen molar-refractivity contribution in [3.8, 4) is 0 Å². The van der Waals surface area contributed by atoms with E-state index in [0.717, 1.165) is 93.3 Å². The molecule has 0 fully saturated rings. The first-order chi connectivity index (χ1) is 47.7. The fraction of sp³-hybridized carbons (Fsp3) is 0.402. The van der Waals surface area contributed by atoms with Crippen LogP contribution in [-0.2, 0) is 28.2 Å². The largest absolute Gasteiger partial charge is 0.441 e. The van der Waals surface area contributed by atoms with Crippen LogP contribution in [0.1, 0.15) is 196 Å². The van der Waals surface area contributed by atoms with Gasteiger partial charge in [-0.1, -0.05) is 223 Å². The second kappa shape index (κ2) is 62.4. The SMILES string of the molecule is C.C.C.C.C.C.C.CC.CC.CC.CC.CC.CC.CC.CC.Cc1nc2ccccc2n1C.Cc1nc2ccccc2o1.Cc1nc2ccccc2s1.Cc1nc2cccnc2n1C.Cc1nc2cccnc2o1.Cc1nc2cccnc2s1.Cn1nc2ccccc2n1.Cn1nc2cncnc2n1. The zero-order valence-corrected chi connectivity index (χ0v) is 64.4. The Morgan fingerprint density at radius 2 is 0.752 bits per heavy atom. The van der Waals surface area contributed by atoms with E-state index in [9.17, 15) is 0 Å². The Labute approximate surface area is 639 Å². The Morgan fingerprint density at radius 3 is 1.29 bits per heavy atom. The number of aromatic nitrogens is 19. The lowest BCUT2D eigenvalue weighted by atomic mass is 10.3. The lowest BCUT2D eigenvalue weighted by Gasteiger charge is -1.93. The number of benzene rings is 4. The van der Waals surface area contributed by atoms with Crippen LogP contribution < -0.4 is 0 Å². The van der Waals surface area contributed by atoms with Gasteiger partial charge in [-0.25, -0.2) is 54.8 Å². The molecule has 0 amide bonds. The highest BCUT2D eigenvalue weighted by Gasteiger charge is 2.05. The smallest absolute Gasteiger partial charge is 0.246 e. The quantitative estimate of drug-likeness (QED) is 0.137. The molecule has 0 atom stereocenters. The second-order valence-corrected chi connectivity index (χ2v) is 20.3. The molecule has 0 saturated carbocycles. The summed E-state index contributed by atoms with van der Waals surface area (Å²) in [4.78, 5) is 49.6. The van der Waals surface area contributed by atoms with E-state index < -0.39 is 0 Å². The second-order valence-electron chi connectivity index (χ2n) is 17.9. The fourth-order valence-electron chi connectivity index (χ4n) is 7.88. The van der Waals surface area contributed by atoms with Crippen molar-refractivity contribution in [1.82, 2.24) is 93.9 Å². The fourth-order valence-corrected chi connectivity index (χ4v) is 9.46. The monoisotopic (exact) mass is 1480 g/mol. The first-order valence-electron chi connectivity index (χ1n) is 33.6. The van der Waals surface area contributed by atoms with Crippen LogP contribution >= 0.6 is 22.7 Å². The summed E-state index contributed by atoms with van der Waals surface area (Å²) in [6, 6.07) is 43.3. The zero-order chi connectivity index (χ0) is 73.5. The van der Waals surface area contributed by atoms with Crippen LogP contribution in [-0.4, -0.2) is 93.9 Å². The summed E-state index contributed by atoms with van der Waals surface area (Å²) in [5.41, 5.74) is 12.8. The van der Waals surface area contributed by atoms with Gasteiger partial charge in [0.05, 0.1) is 37.5 Å². The maximum absolute atomic E-state index is 5.26. The third kappa shape index (κ3) is 35.3. The number of nitrogens with zero attached hydrogens (tertiary/aromatic N) is 19. The van der Waals surface area contributed by atoms with Crippen LogP contribution in [0.4, 0.5) is 0 Å². The molecule has 0 aliphatic carbocycles. The van der Waals surface area contributed by atoms with Gasteiger partial charge in [0, 0.05) is 60.6 Å². The number of para-hydroxylation sites is 5. The summed E-state index contributed by atoms with van der Waals surface area (Å²) in [6.45, 7) is 43.7. The summed E-state index contributed by atoms with van der Waals surface area (Å²) in [7, 11) is 7.57. The van der Waals surface area contributed by atoms with E-state index in [1.54, 1.807) is 59.3 Å². The van der Waals surface area contributed by atoms with Gasteiger partial charge in [-0.15, -0.1) is 16.4 Å². The third-order valence-electron chi connectivity index (χ3n) is 11.8. The van der Waals surface area contributed by atoms with E-state index in [1.807, 2.05) is 299 Å². The molecule has 21 nitrogen and oxygen atoms in total. The lowest BCUT2D eigenvalue weighted by Crippen LogP contribution is -1.91. The minimum absolute atomic E-state index is 0. The highest BCUT2D eigenvalue weighted by atomic mass is 32.1. The van der Waals surface area contributed by atoms with Gasteiger partial charge < -0.3 is 18.0 Å². The normalized spacial score (nSPS) is 8.70. The van der Waals surface area contributed by atoms with E-state index in [-0.39, 0.29) is 52.0 Å². The average molecular weight is 1480 g/mol. The van der Waals surface area contributed by atoms with Crippen LogP contribution in [0.2, 0.25) is 0 Å².